The Balaban J connectivity index is 1.97. The van der Waals surface area contributed by atoms with Gasteiger partial charge < -0.3 is 25.8 Å². The number of nitrogens with zero attached hydrogens (tertiary/aromatic N) is 1. The highest BCUT2D eigenvalue weighted by molar-refractivity contribution is 5.94. The number of carbonyl (C=O) groups excluding carboxylic acids is 1. The minimum absolute atomic E-state index is 0.0946. The van der Waals surface area contributed by atoms with Gasteiger partial charge in [-0.1, -0.05) is 12.1 Å². The molecule has 0 aliphatic rings. The summed E-state index contributed by atoms with van der Waals surface area (Å²) in [4.78, 5) is 16.3. The van der Waals surface area contributed by atoms with E-state index in [1.165, 1.54) is 0 Å². The summed E-state index contributed by atoms with van der Waals surface area (Å²) in [5.41, 5.74) is 2.40. The second-order valence-corrected chi connectivity index (χ2v) is 6.15. The fourth-order valence-electron chi connectivity index (χ4n) is 2.66. The van der Waals surface area contributed by atoms with Crippen LogP contribution in [0.1, 0.15) is 28.4 Å². The predicted octanol–water partition coefficient (Wildman–Crippen LogP) is 2.06. The Kier molecular flexibility index (Phi) is 8.14. The molecule has 7 nitrogen and oxygen atoms in total. The lowest BCUT2D eigenvalue weighted by molar-refractivity contribution is 0.0963. The fraction of sp³-hybridized carbons (Fsp3) is 0.333. The molecule has 28 heavy (non-hydrogen) atoms. The molecule has 0 spiro atoms. The third-order valence-corrected chi connectivity index (χ3v) is 4.16. The van der Waals surface area contributed by atoms with E-state index < -0.39 is 0 Å². The van der Waals surface area contributed by atoms with Crippen LogP contribution in [0, 0.1) is 0 Å². The van der Waals surface area contributed by atoms with Crippen molar-refractivity contribution in [2.45, 2.75) is 19.9 Å². The molecule has 1 amide bonds. The number of aromatic hydroxyl groups is 1. The quantitative estimate of drug-likeness (QED) is 0.413. The first-order valence-corrected chi connectivity index (χ1v) is 9.26. The van der Waals surface area contributed by atoms with Gasteiger partial charge in [-0.25, -0.2) is 4.99 Å². The molecule has 0 aliphatic carbocycles. The summed E-state index contributed by atoms with van der Waals surface area (Å²) in [7, 11) is 3.21. The van der Waals surface area contributed by atoms with Gasteiger partial charge in [0.05, 0.1) is 13.7 Å². The number of amides is 1. The molecule has 0 radical (unpaired) electrons. The summed E-state index contributed by atoms with van der Waals surface area (Å²) in [6, 6.07) is 12.6. The lowest BCUT2D eigenvalue weighted by atomic mass is 10.1. The van der Waals surface area contributed by atoms with Gasteiger partial charge in [-0.3, -0.25) is 4.79 Å². The molecule has 150 valence electrons. The summed E-state index contributed by atoms with van der Waals surface area (Å²) >= 11 is 0. The molecular weight excluding hydrogens is 356 g/mol. The first-order valence-electron chi connectivity index (χ1n) is 9.26. The number of phenolic OH excluding ortho intramolecular Hbond substituents is 1. The van der Waals surface area contributed by atoms with Gasteiger partial charge in [0.2, 0.25) is 0 Å². The van der Waals surface area contributed by atoms with Crippen molar-refractivity contribution < 1.29 is 14.6 Å². The van der Waals surface area contributed by atoms with Crippen LogP contribution >= 0.6 is 0 Å². The molecule has 0 aromatic heterocycles. The largest absolute Gasteiger partial charge is 0.508 e. The number of guanidine groups is 1. The van der Waals surface area contributed by atoms with E-state index in [9.17, 15) is 9.90 Å². The number of hydrogen-bond donors (Lipinski definition) is 4. The van der Waals surface area contributed by atoms with Crippen molar-refractivity contribution in [1.29, 1.82) is 0 Å². The van der Waals surface area contributed by atoms with Crippen LogP contribution in [0.15, 0.2) is 47.5 Å². The highest BCUT2D eigenvalue weighted by Crippen LogP contribution is 2.23. The van der Waals surface area contributed by atoms with Crippen molar-refractivity contribution in [3.63, 3.8) is 0 Å². The van der Waals surface area contributed by atoms with E-state index in [1.807, 2.05) is 25.1 Å². The van der Waals surface area contributed by atoms with Crippen LogP contribution in [0.25, 0.3) is 0 Å². The van der Waals surface area contributed by atoms with Gasteiger partial charge in [-0.2, -0.15) is 0 Å². The zero-order valence-electron chi connectivity index (χ0n) is 16.6. The van der Waals surface area contributed by atoms with Crippen LogP contribution in [0.5, 0.6) is 11.5 Å². The average molecular weight is 384 g/mol. The maximum atomic E-state index is 11.7. The van der Waals surface area contributed by atoms with Crippen LogP contribution in [0.4, 0.5) is 0 Å². The molecule has 7 heteroatoms. The molecule has 0 unspecified atom stereocenters. The Bertz CT molecular complexity index is 821. The first kappa shape index (κ1) is 21.1. The van der Waals surface area contributed by atoms with Crippen molar-refractivity contribution in [2.75, 3.05) is 27.2 Å². The molecule has 2 aromatic rings. The topological polar surface area (TPSA) is 95.0 Å². The second kappa shape index (κ2) is 10.8. The molecular formula is C21H28N4O3. The molecule has 4 N–H and O–H groups in total. The van der Waals surface area contributed by atoms with Gasteiger partial charge >= 0.3 is 0 Å². The molecule has 0 saturated carbocycles. The average Bonchev–Trinajstić information content (AvgIpc) is 2.72. The minimum atomic E-state index is -0.0946. The first-order chi connectivity index (χ1) is 13.6. The SMILES string of the molecule is CCNC(=NCc1cc(OC)ccc1O)NCCc1cccc(C(=O)NC)c1. The van der Waals surface area contributed by atoms with Gasteiger partial charge in [0.1, 0.15) is 11.5 Å². The number of methoxy groups -OCH3 is 1. The number of hydrogen-bond acceptors (Lipinski definition) is 4. The lowest BCUT2D eigenvalue weighted by Gasteiger charge is -2.12. The molecule has 2 aromatic carbocycles. The monoisotopic (exact) mass is 384 g/mol. The van der Waals surface area contributed by atoms with Crippen molar-refractivity contribution in [3.05, 3.63) is 59.2 Å². The molecule has 2 rings (SSSR count). The van der Waals surface area contributed by atoms with Crippen molar-refractivity contribution in [3.8, 4) is 11.5 Å². The molecule has 0 saturated heterocycles. The molecule has 0 heterocycles. The van der Waals surface area contributed by atoms with Gasteiger partial charge in [0, 0.05) is 31.3 Å². The van der Waals surface area contributed by atoms with Crippen molar-refractivity contribution in [1.82, 2.24) is 16.0 Å². The van der Waals surface area contributed by atoms with E-state index in [0.29, 0.717) is 35.9 Å². The third-order valence-electron chi connectivity index (χ3n) is 4.16. The number of phenols is 1. The Morgan fingerprint density at radius 3 is 2.71 bits per heavy atom. The standard InChI is InChI=1S/C21H28N4O3/c1-4-23-21(25-14-17-13-18(28-3)8-9-19(17)26)24-11-10-15-6-5-7-16(12-15)20(27)22-2/h5-9,12-13,26H,4,10-11,14H2,1-3H3,(H,22,27)(H2,23,24,25). The maximum Gasteiger partial charge on any atom is 0.251 e. The number of aliphatic imine (C=N–C) groups is 1. The highest BCUT2D eigenvalue weighted by Gasteiger charge is 2.06. The van der Waals surface area contributed by atoms with Crippen molar-refractivity contribution in [2.24, 2.45) is 4.99 Å². The number of nitrogens with one attached hydrogen (secondary N) is 3. The predicted molar refractivity (Wildman–Crippen MR) is 111 cm³/mol. The summed E-state index contributed by atoms with van der Waals surface area (Å²) in [5.74, 6) is 1.43. The minimum Gasteiger partial charge on any atom is -0.508 e. The van der Waals surface area contributed by atoms with E-state index >= 15 is 0 Å². The van der Waals surface area contributed by atoms with Gasteiger partial charge in [-0.15, -0.1) is 0 Å². The number of ether oxygens (including phenoxy) is 1. The van der Waals surface area contributed by atoms with E-state index in [4.69, 9.17) is 4.74 Å². The number of carbonyl (C=O) groups is 1. The van der Waals surface area contributed by atoms with Crippen LogP contribution in [0.3, 0.4) is 0 Å². The normalized spacial score (nSPS) is 11.0. The van der Waals surface area contributed by atoms with E-state index in [-0.39, 0.29) is 11.7 Å². The fourth-order valence-corrected chi connectivity index (χ4v) is 2.66. The van der Waals surface area contributed by atoms with E-state index in [2.05, 4.69) is 20.9 Å². The van der Waals surface area contributed by atoms with Gasteiger partial charge in [0.25, 0.3) is 5.91 Å². The van der Waals surface area contributed by atoms with Gasteiger partial charge in [0.15, 0.2) is 5.96 Å². The highest BCUT2D eigenvalue weighted by atomic mass is 16.5. The Morgan fingerprint density at radius 1 is 1.18 bits per heavy atom. The van der Waals surface area contributed by atoms with E-state index in [0.717, 1.165) is 18.5 Å². The molecule has 0 bridgehead atoms. The summed E-state index contributed by atoms with van der Waals surface area (Å²) in [6.07, 6.45) is 0.750. The number of benzene rings is 2. The van der Waals surface area contributed by atoms with Gasteiger partial charge in [-0.05, 0) is 49.2 Å². The smallest absolute Gasteiger partial charge is 0.251 e. The Morgan fingerprint density at radius 2 is 2.00 bits per heavy atom. The molecule has 0 atom stereocenters. The van der Waals surface area contributed by atoms with Crippen molar-refractivity contribution >= 4 is 11.9 Å². The summed E-state index contributed by atoms with van der Waals surface area (Å²) in [5, 5.41) is 19.1. The number of rotatable bonds is 8. The Labute approximate surface area is 165 Å². The van der Waals surface area contributed by atoms with Crippen LogP contribution in [-0.4, -0.2) is 44.2 Å². The third kappa shape index (κ3) is 6.19. The lowest BCUT2D eigenvalue weighted by Crippen LogP contribution is -2.38. The molecule has 0 fully saturated rings. The Hall–Kier alpha value is -3.22. The zero-order valence-corrected chi connectivity index (χ0v) is 16.6. The van der Waals surface area contributed by atoms with Crippen LogP contribution in [-0.2, 0) is 13.0 Å². The summed E-state index contributed by atoms with van der Waals surface area (Å²) in [6.45, 7) is 3.70. The second-order valence-electron chi connectivity index (χ2n) is 6.15. The van der Waals surface area contributed by atoms with Crippen LogP contribution < -0.4 is 20.7 Å². The maximum absolute atomic E-state index is 11.7. The summed E-state index contributed by atoms with van der Waals surface area (Å²) < 4.78 is 5.19. The zero-order chi connectivity index (χ0) is 20.4. The van der Waals surface area contributed by atoms with E-state index in [1.54, 1.807) is 38.4 Å². The van der Waals surface area contributed by atoms with Crippen LogP contribution in [0.2, 0.25) is 0 Å². The molecule has 0 aliphatic heterocycles.